The molecular formula is C25H25ClN2O2. The van der Waals surface area contributed by atoms with Crippen LogP contribution in [0.1, 0.15) is 42.3 Å². The maximum absolute atomic E-state index is 12.6. The highest BCUT2D eigenvalue weighted by atomic mass is 35.5. The van der Waals surface area contributed by atoms with Gasteiger partial charge in [0.1, 0.15) is 0 Å². The van der Waals surface area contributed by atoms with Crippen molar-refractivity contribution < 1.29 is 9.59 Å². The Bertz CT molecular complexity index is 1050. The first-order chi connectivity index (χ1) is 14.2. The summed E-state index contributed by atoms with van der Waals surface area (Å²) in [5.41, 5.74) is 3.85. The number of hydrogen-bond donors (Lipinski definition) is 2. The van der Waals surface area contributed by atoms with Crippen molar-refractivity contribution in [2.24, 2.45) is 0 Å². The summed E-state index contributed by atoms with van der Waals surface area (Å²) >= 11 is 5.97. The monoisotopic (exact) mass is 420 g/mol. The highest BCUT2D eigenvalue weighted by molar-refractivity contribution is 6.30. The van der Waals surface area contributed by atoms with Crippen molar-refractivity contribution >= 4 is 34.8 Å². The quantitative estimate of drug-likeness (QED) is 0.526. The smallest absolute Gasteiger partial charge is 0.255 e. The molecule has 154 valence electrons. The largest absolute Gasteiger partial charge is 0.326 e. The number of benzene rings is 3. The van der Waals surface area contributed by atoms with Crippen LogP contribution in [-0.2, 0) is 16.6 Å². The van der Waals surface area contributed by atoms with Crippen LogP contribution in [0.15, 0.2) is 72.8 Å². The topological polar surface area (TPSA) is 58.2 Å². The van der Waals surface area contributed by atoms with Gasteiger partial charge < -0.3 is 10.6 Å². The molecule has 3 aromatic rings. The van der Waals surface area contributed by atoms with E-state index >= 15 is 0 Å². The summed E-state index contributed by atoms with van der Waals surface area (Å²) in [6, 6.07) is 21.9. The Labute approximate surface area is 182 Å². The molecule has 3 aromatic carbocycles. The van der Waals surface area contributed by atoms with Crippen molar-refractivity contribution in [3.05, 3.63) is 94.5 Å². The number of anilines is 2. The molecule has 0 bridgehead atoms. The molecule has 4 nitrogen and oxygen atoms in total. The van der Waals surface area contributed by atoms with E-state index in [9.17, 15) is 9.59 Å². The molecule has 0 fully saturated rings. The first-order valence-electron chi connectivity index (χ1n) is 9.77. The van der Waals surface area contributed by atoms with Gasteiger partial charge in [-0.2, -0.15) is 0 Å². The molecule has 0 spiro atoms. The third-order valence-electron chi connectivity index (χ3n) is 4.67. The molecule has 0 aromatic heterocycles. The maximum atomic E-state index is 12.6. The molecule has 0 unspecified atom stereocenters. The van der Waals surface area contributed by atoms with Crippen molar-refractivity contribution in [2.45, 2.75) is 32.6 Å². The van der Waals surface area contributed by atoms with E-state index in [0.717, 1.165) is 5.56 Å². The van der Waals surface area contributed by atoms with E-state index in [0.29, 0.717) is 22.0 Å². The van der Waals surface area contributed by atoms with Crippen LogP contribution in [0.5, 0.6) is 0 Å². The molecule has 0 aliphatic rings. The average molecular weight is 421 g/mol. The second-order valence-electron chi connectivity index (χ2n) is 8.22. The molecule has 2 amide bonds. The number of nitrogens with one attached hydrogen (secondary N) is 2. The van der Waals surface area contributed by atoms with E-state index < -0.39 is 0 Å². The van der Waals surface area contributed by atoms with E-state index in [-0.39, 0.29) is 23.7 Å². The summed E-state index contributed by atoms with van der Waals surface area (Å²) in [7, 11) is 0. The SMILES string of the molecule is CC(C)(C)c1ccc(C(=O)Nc2cccc(NC(=O)Cc3cccc(Cl)c3)c2)cc1. The van der Waals surface area contributed by atoms with Crippen LogP contribution in [-0.4, -0.2) is 11.8 Å². The Morgan fingerprint density at radius 1 is 0.833 bits per heavy atom. The Morgan fingerprint density at radius 3 is 2.10 bits per heavy atom. The third kappa shape index (κ3) is 5.94. The van der Waals surface area contributed by atoms with Crippen molar-refractivity contribution in [1.82, 2.24) is 0 Å². The van der Waals surface area contributed by atoms with Crippen LogP contribution in [0.3, 0.4) is 0 Å². The standard InChI is InChI=1S/C25H25ClN2O2/c1-25(2,3)19-12-10-18(11-13-19)24(30)28-22-9-5-8-21(16-22)27-23(29)15-17-6-4-7-20(26)14-17/h4-14,16H,15H2,1-3H3,(H,27,29)(H,28,30). The Balaban J connectivity index is 1.63. The lowest BCUT2D eigenvalue weighted by Crippen LogP contribution is -2.16. The molecule has 0 heterocycles. The van der Waals surface area contributed by atoms with Gasteiger partial charge in [-0.3, -0.25) is 9.59 Å². The minimum absolute atomic E-state index is 0.0344. The lowest BCUT2D eigenvalue weighted by atomic mass is 9.87. The number of carbonyl (C=O) groups is 2. The molecule has 30 heavy (non-hydrogen) atoms. The fraction of sp³-hybridized carbons (Fsp3) is 0.200. The molecular weight excluding hydrogens is 396 g/mol. The van der Waals surface area contributed by atoms with E-state index in [2.05, 4.69) is 31.4 Å². The summed E-state index contributed by atoms with van der Waals surface area (Å²) in [5.74, 6) is -0.351. The first-order valence-corrected chi connectivity index (χ1v) is 10.1. The lowest BCUT2D eigenvalue weighted by Gasteiger charge is -2.19. The van der Waals surface area contributed by atoms with Gasteiger partial charge in [-0.15, -0.1) is 0 Å². The van der Waals surface area contributed by atoms with Gasteiger partial charge in [-0.1, -0.05) is 62.7 Å². The van der Waals surface area contributed by atoms with E-state index in [1.165, 1.54) is 5.56 Å². The van der Waals surface area contributed by atoms with Crippen LogP contribution < -0.4 is 10.6 Å². The summed E-state index contributed by atoms with van der Waals surface area (Å²) in [4.78, 5) is 24.9. The second-order valence-corrected chi connectivity index (χ2v) is 8.65. The highest BCUT2D eigenvalue weighted by Gasteiger charge is 2.14. The molecule has 0 radical (unpaired) electrons. The van der Waals surface area contributed by atoms with Crippen molar-refractivity contribution in [1.29, 1.82) is 0 Å². The predicted molar refractivity (Wildman–Crippen MR) is 123 cm³/mol. The van der Waals surface area contributed by atoms with Crippen molar-refractivity contribution in [2.75, 3.05) is 10.6 Å². The number of amides is 2. The summed E-state index contributed by atoms with van der Waals surface area (Å²) in [6.07, 6.45) is 0.220. The Hall–Kier alpha value is -3.11. The van der Waals surface area contributed by atoms with Crippen molar-refractivity contribution in [3.63, 3.8) is 0 Å². The van der Waals surface area contributed by atoms with Crippen LogP contribution in [0.4, 0.5) is 11.4 Å². The normalized spacial score (nSPS) is 11.1. The van der Waals surface area contributed by atoms with Crippen LogP contribution in [0.2, 0.25) is 5.02 Å². The number of carbonyl (C=O) groups excluding carboxylic acids is 2. The molecule has 0 aliphatic heterocycles. The van der Waals surface area contributed by atoms with Gasteiger partial charge in [0.25, 0.3) is 5.91 Å². The average Bonchev–Trinajstić information content (AvgIpc) is 2.67. The van der Waals surface area contributed by atoms with Gasteiger partial charge in [-0.25, -0.2) is 0 Å². The number of hydrogen-bond acceptors (Lipinski definition) is 2. The number of rotatable bonds is 5. The predicted octanol–water partition coefficient (Wildman–Crippen LogP) is 6.07. The van der Waals surface area contributed by atoms with Gasteiger partial charge in [-0.05, 0) is 59.0 Å². The lowest BCUT2D eigenvalue weighted by molar-refractivity contribution is -0.115. The van der Waals surface area contributed by atoms with Gasteiger partial charge in [0.2, 0.25) is 5.91 Å². The summed E-state index contributed by atoms with van der Waals surface area (Å²) in [6.45, 7) is 6.40. The Morgan fingerprint density at radius 2 is 1.47 bits per heavy atom. The molecule has 0 aliphatic carbocycles. The second kappa shape index (κ2) is 9.14. The zero-order chi connectivity index (χ0) is 21.7. The first kappa shape index (κ1) is 21.6. The minimum Gasteiger partial charge on any atom is -0.326 e. The van der Waals surface area contributed by atoms with Gasteiger partial charge in [0.05, 0.1) is 6.42 Å². The molecule has 5 heteroatoms. The zero-order valence-electron chi connectivity index (χ0n) is 17.3. The zero-order valence-corrected chi connectivity index (χ0v) is 18.1. The Kier molecular flexibility index (Phi) is 6.58. The summed E-state index contributed by atoms with van der Waals surface area (Å²) < 4.78 is 0. The maximum Gasteiger partial charge on any atom is 0.255 e. The molecule has 3 rings (SSSR count). The van der Waals surface area contributed by atoms with Gasteiger partial charge in [0.15, 0.2) is 0 Å². The summed E-state index contributed by atoms with van der Waals surface area (Å²) in [5, 5.41) is 6.33. The van der Waals surface area contributed by atoms with Crippen molar-refractivity contribution in [3.8, 4) is 0 Å². The third-order valence-corrected chi connectivity index (χ3v) is 4.91. The molecule has 0 saturated carbocycles. The molecule has 0 saturated heterocycles. The fourth-order valence-electron chi connectivity index (χ4n) is 3.04. The molecule has 2 N–H and O–H groups in total. The highest BCUT2D eigenvalue weighted by Crippen LogP contribution is 2.23. The van der Waals surface area contributed by atoms with Crippen LogP contribution in [0.25, 0.3) is 0 Å². The fourth-order valence-corrected chi connectivity index (χ4v) is 3.25. The van der Waals surface area contributed by atoms with Crippen LogP contribution >= 0.6 is 11.6 Å². The van der Waals surface area contributed by atoms with E-state index in [1.54, 1.807) is 36.4 Å². The van der Waals surface area contributed by atoms with E-state index in [1.807, 2.05) is 36.4 Å². The minimum atomic E-state index is -0.196. The van der Waals surface area contributed by atoms with Gasteiger partial charge >= 0.3 is 0 Å². The van der Waals surface area contributed by atoms with Crippen LogP contribution in [0, 0.1) is 0 Å². The number of halogens is 1. The molecule has 0 atom stereocenters. The van der Waals surface area contributed by atoms with E-state index in [4.69, 9.17) is 11.6 Å². The van der Waals surface area contributed by atoms with Gasteiger partial charge in [0, 0.05) is 22.0 Å².